The van der Waals surface area contributed by atoms with E-state index in [1.807, 2.05) is 24.6 Å². The van der Waals surface area contributed by atoms with Gasteiger partial charge in [-0.1, -0.05) is 22.9 Å². The Morgan fingerprint density at radius 1 is 1.50 bits per heavy atom. The summed E-state index contributed by atoms with van der Waals surface area (Å²) in [6.45, 7) is 4.46. The number of ether oxygens (including phenoxy) is 1. The molecule has 108 valence electrons. The fourth-order valence-electron chi connectivity index (χ4n) is 1.73. The molecule has 3 nitrogen and oxygen atoms in total. The van der Waals surface area contributed by atoms with Crippen LogP contribution in [0.4, 0.5) is 0 Å². The normalized spacial score (nSPS) is 14.0. The highest BCUT2D eigenvalue weighted by molar-refractivity contribution is 9.10. The molecule has 0 aliphatic carbocycles. The van der Waals surface area contributed by atoms with Crippen LogP contribution in [0.3, 0.4) is 0 Å². The van der Waals surface area contributed by atoms with Crippen molar-refractivity contribution in [3.8, 4) is 17.0 Å². The Bertz CT molecular complexity index is 569. The smallest absolute Gasteiger partial charge is 0.129 e. The number of benzene rings is 1. The van der Waals surface area contributed by atoms with Crippen molar-refractivity contribution in [3.05, 3.63) is 33.1 Å². The number of aliphatic hydroxyl groups excluding tert-OH is 1. The highest BCUT2D eigenvalue weighted by Gasteiger charge is 2.17. The third-order valence-electron chi connectivity index (χ3n) is 3.02. The first kappa shape index (κ1) is 15.5. The van der Waals surface area contributed by atoms with Crippen LogP contribution < -0.4 is 4.74 Å². The predicted octanol–water partition coefficient (Wildman–Crippen LogP) is 4.28. The summed E-state index contributed by atoms with van der Waals surface area (Å²) in [5.41, 5.74) is 4.09. The van der Waals surface area contributed by atoms with Crippen molar-refractivity contribution < 1.29 is 9.84 Å². The van der Waals surface area contributed by atoms with Gasteiger partial charge in [0.1, 0.15) is 5.75 Å². The molecule has 1 aromatic carbocycles. The van der Waals surface area contributed by atoms with E-state index in [4.69, 9.17) is 9.84 Å². The van der Waals surface area contributed by atoms with Gasteiger partial charge in [0.05, 0.1) is 23.9 Å². The number of halogens is 1. The van der Waals surface area contributed by atoms with Gasteiger partial charge >= 0.3 is 0 Å². The van der Waals surface area contributed by atoms with E-state index in [-0.39, 0.29) is 6.10 Å². The molecule has 1 atom stereocenters. The molecule has 3 rings (SSSR count). The third-order valence-corrected chi connectivity index (χ3v) is 4.40. The number of hydrogen-bond acceptors (Lipinski definition) is 4. The average molecular weight is 356 g/mol. The predicted molar refractivity (Wildman–Crippen MR) is 86.4 cm³/mol. The van der Waals surface area contributed by atoms with Crippen LogP contribution in [0, 0.1) is 0 Å². The lowest BCUT2D eigenvalue weighted by Crippen LogP contribution is -1.97. The minimum Gasteiger partial charge on any atom is -0.492 e. The van der Waals surface area contributed by atoms with E-state index < -0.39 is 0 Å². The van der Waals surface area contributed by atoms with Crippen LogP contribution in [0.2, 0.25) is 0 Å². The Labute approximate surface area is 131 Å². The van der Waals surface area contributed by atoms with Gasteiger partial charge in [-0.15, -0.1) is 11.3 Å². The maximum absolute atomic E-state index is 8.36. The fraction of sp³-hybridized carbons (Fsp3) is 0.400. The topological polar surface area (TPSA) is 42.4 Å². The van der Waals surface area contributed by atoms with Gasteiger partial charge < -0.3 is 9.84 Å². The van der Waals surface area contributed by atoms with E-state index in [9.17, 15) is 0 Å². The molecule has 20 heavy (non-hydrogen) atoms. The fourth-order valence-corrected chi connectivity index (χ4v) is 2.83. The summed E-state index contributed by atoms with van der Waals surface area (Å²) in [6, 6.07) is 6.09. The van der Waals surface area contributed by atoms with Crippen molar-refractivity contribution in [2.24, 2.45) is 0 Å². The summed E-state index contributed by atoms with van der Waals surface area (Å²) in [5.74, 6) is 0.925. The van der Waals surface area contributed by atoms with Gasteiger partial charge in [0, 0.05) is 21.3 Å². The van der Waals surface area contributed by atoms with E-state index in [1.54, 1.807) is 18.3 Å². The molecule has 0 bridgehead atoms. The van der Waals surface area contributed by atoms with E-state index in [1.165, 1.54) is 4.88 Å². The zero-order valence-electron chi connectivity index (χ0n) is 11.6. The van der Waals surface area contributed by atoms with Crippen LogP contribution in [-0.4, -0.2) is 22.8 Å². The molecule has 5 heteroatoms. The van der Waals surface area contributed by atoms with Crippen molar-refractivity contribution in [3.63, 3.8) is 0 Å². The minimum absolute atomic E-state index is 0.116. The van der Waals surface area contributed by atoms with Crippen molar-refractivity contribution in [1.29, 1.82) is 0 Å². The Kier molecular flexibility index (Phi) is 5.57. The minimum atomic E-state index is -0.116. The molecule has 1 aliphatic rings. The molecule has 0 radical (unpaired) electrons. The Morgan fingerprint density at radius 2 is 2.25 bits per heavy atom. The Balaban J connectivity index is 0.000000257. The zero-order chi connectivity index (χ0) is 14.5. The number of aromatic nitrogens is 1. The zero-order valence-corrected chi connectivity index (χ0v) is 14.0. The highest BCUT2D eigenvalue weighted by Crippen LogP contribution is 2.37. The van der Waals surface area contributed by atoms with Gasteiger partial charge in [-0.3, -0.25) is 0 Å². The molecule has 1 aromatic heterocycles. The van der Waals surface area contributed by atoms with Crippen molar-refractivity contribution in [2.45, 2.75) is 32.8 Å². The molecule has 0 amide bonds. The maximum Gasteiger partial charge on any atom is 0.129 e. The van der Waals surface area contributed by atoms with Gasteiger partial charge in [0.2, 0.25) is 0 Å². The standard InChI is InChI=1S/C11H8BrNOS.C4H10O/c12-7-1-2-8-9(5-7)14-4-3-10-11(8)13-6-15-10;1-3-4(2)5/h1-2,5-6H,3-4H2;4-5H,3H2,1-2H3. The number of fused-ring (bicyclic) bond motifs is 3. The van der Waals surface area contributed by atoms with Gasteiger partial charge in [-0.25, -0.2) is 4.98 Å². The third kappa shape index (κ3) is 3.81. The summed E-state index contributed by atoms with van der Waals surface area (Å²) < 4.78 is 6.75. The van der Waals surface area contributed by atoms with Crippen LogP contribution in [0.25, 0.3) is 11.3 Å². The van der Waals surface area contributed by atoms with Gasteiger partial charge in [0.25, 0.3) is 0 Å². The van der Waals surface area contributed by atoms with Crippen LogP contribution in [-0.2, 0) is 6.42 Å². The Hall–Kier alpha value is -0.910. The number of hydrogen-bond donors (Lipinski definition) is 1. The summed E-state index contributed by atoms with van der Waals surface area (Å²) >= 11 is 5.15. The lowest BCUT2D eigenvalue weighted by atomic mass is 10.1. The second-order valence-corrected chi connectivity index (χ2v) is 6.48. The molecule has 1 N–H and O–H groups in total. The second kappa shape index (κ2) is 7.20. The molecule has 0 fully saturated rings. The first-order chi connectivity index (χ1) is 9.61. The van der Waals surface area contributed by atoms with E-state index in [0.29, 0.717) is 0 Å². The summed E-state index contributed by atoms with van der Waals surface area (Å²) in [6.07, 6.45) is 1.70. The molecule has 0 saturated carbocycles. The Morgan fingerprint density at radius 3 is 2.95 bits per heavy atom. The first-order valence-electron chi connectivity index (χ1n) is 6.65. The van der Waals surface area contributed by atoms with Crippen molar-refractivity contribution in [1.82, 2.24) is 4.98 Å². The first-order valence-corrected chi connectivity index (χ1v) is 8.32. The van der Waals surface area contributed by atoms with E-state index in [2.05, 4.69) is 27.0 Å². The summed E-state index contributed by atoms with van der Waals surface area (Å²) in [4.78, 5) is 5.73. The molecule has 2 aromatic rings. The lowest BCUT2D eigenvalue weighted by Gasteiger charge is -2.06. The molecule has 0 saturated heterocycles. The quantitative estimate of drug-likeness (QED) is 0.829. The van der Waals surface area contributed by atoms with Crippen molar-refractivity contribution in [2.75, 3.05) is 6.61 Å². The van der Waals surface area contributed by atoms with Crippen LogP contribution in [0.5, 0.6) is 5.75 Å². The van der Waals surface area contributed by atoms with Crippen LogP contribution >= 0.6 is 27.3 Å². The van der Waals surface area contributed by atoms with E-state index >= 15 is 0 Å². The van der Waals surface area contributed by atoms with Gasteiger partial charge in [0.15, 0.2) is 0 Å². The SMILES string of the molecule is Brc1ccc2c(c1)OCCc1scnc1-2.CCC(C)O. The molecular weight excluding hydrogens is 338 g/mol. The van der Waals surface area contributed by atoms with E-state index in [0.717, 1.165) is 40.9 Å². The molecule has 0 spiro atoms. The monoisotopic (exact) mass is 355 g/mol. The maximum atomic E-state index is 8.36. The molecule has 1 aliphatic heterocycles. The van der Waals surface area contributed by atoms with Gasteiger partial charge in [-0.05, 0) is 31.5 Å². The number of aliphatic hydroxyl groups is 1. The average Bonchev–Trinajstić information content (AvgIpc) is 2.81. The number of thiazole rings is 1. The number of nitrogens with zero attached hydrogens (tertiary/aromatic N) is 1. The molecule has 1 unspecified atom stereocenters. The second-order valence-electron chi connectivity index (χ2n) is 4.62. The summed E-state index contributed by atoms with van der Waals surface area (Å²) in [5, 5.41) is 8.36. The van der Waals surface area contributed by atoms with Crippen molar-refractivity contribution >= 4 is 27.3 Å². The number of rotatable bonds is 1. The van der Waals surface area contributed by atoms with Crippen LogP contribution in [0.1, 0.15) is 25.1 Å². The van der Waals surface area contributed by atoms with Gasteiger partial charge in [-0.2, -0.15) is 0 Å². The molecular formula is C15H18BrNO2S. The molecule has 2 heterocycles. The lowest BCUT2D eigenvalue weighted by molar-refractivity contribution is 0.191. The highest BCUT2D eigenvalue weighted by atomic mass is 79.9. The van der Waals surface area contributed by atoms with Crippen LogP contribution in [0.15, 0.2) is 28.2 Å². The summed E-state index contributed by atoms with van der Waals surface area (Å²) in [7, 11) is 0. The largest absolute Gasteiger partial charge is 0.492 e.